The van der Waals surface area contributed by atoms with E-state index in [1.165, 1.54) is 29.2 Å². The van der Waals surface area contributed by atoms with Crippen molar-refractivity contribution in [3.63, 3.8) is 0 Å². The number of anilines is 1. The molecular weight excluding hydrogens is 515 g/mol. The zero-order chi connectivity index (χ0) is 24.7. The number of halogens is 4. The van der Waals surface area contributed by atoms with Crippen LogP contribution in [0.15, 0.2) is 65.2 Å². The maximum atomic E-state index is 13.2. The lowest BCUT2D eigenvalue weighted by Gasteiger charge is -2.25. The van der Waals surface area contributed by atoms with Crippen molar-refractivity contribution in [3.05, 3.63) is 76.3 Å². The van der Waals surface area contributed by atoms with Gasteiger partial charge >= 0.3 is 18.2 Å². The number of ether oxygens (including phenoxy) is 1. The van der Waals surface area contributed by atoms with Gasteiger partial charge in [0.15, 0.2) is 0 Å². The molecule has 0 saturated carbocycles. The molecule has 0 N–H and O–H groups in total. The van der Waals surface area contributed by atoms with Crippen molar-refractivity contribution in [2.45, 2.75) is 31.7 Å². The number of nitrogens with zero attached hydrogens (tertiary/aromatic N) is 3. The summed E-state index contributed by atoms with van der Waals surface area (Å²) in [6.07, 6.45) is -1.18. The molecule has 1 atom stereocenters. The molecule has 0 spiro atoms. The molecule has 2 aromatic carbocycles. The van der Waals surface area contributed by atoms with Crippen LogP contribution < -0.4 is 4.90 Å². The molecule has 0 aromatic heterocycles. The Balaban J connectivity index is 1.70. The fourth-order valence-corrected chi connectivity index (χ4v) is 4.18. The van der Waals surface area contributed by atoms with Crippen molar-refractivity contribution >= 4 is 33.6 Å². The van der Waals surface area contributed by atoms with Gasteiger partial charge in [-0.25, -0.2) is 4.79 Å². The number of hydrogen-bond acceptors (Lipinski definition) is 4. The highest BCUT2D eigenvalue weighted by atomic mass is 79.9. The highest BCUT2D eigenvalue weighted by Crippen LogP contribution is 2.31. The first kappa shape index (κ1) is 25.3. The Labute approximate surface area is 203 Å². The molecule has 1 aliphatic rings. The summed E-state index contributed by atoms with van der Waals surface area (Å²) in [6, 6.07) is 14.7. The molecule has 10 heteroatoms. The van der Waals surface area contributed by atoms with E-state index in [0.29, 0.717) is 17.9 Å². The molecule has 1 heterocycles. The number of hydrogen-bond donors (Lipinski definition) is 0. The molecule has 3 rings (SSSR count). The van der Waals surface area contributed by atoms with Gasteiger partial charge in [-0.1, -0.05) is 42.5 Å². The molecule has 1 aliphatic heterocycles. The van der Waals surface area contributed by atoms with Crippen molar-refractivity contribution in [3.8, 4) is 6.07 Å². The molecule has 6 nitrogen and oxygen atoms in total. The van der Waals surface area contributed by atoms with Gasteiger partial charge in [-0.05, 0) is 52.5 Å². The fraction of sp³-hybridized carbons (Fsp3) is 0.292. The average molecular weight is 536 g/mol. The van der Waals surface area contributed by atoms with Crippen LogP contribution in [0.5, 0.6) is 0 Å². The van der Waals surface area contributed by atoms with Crippen LogP contribution in [0.25, 0.3) is 0 Å². The summed E-state index contributed by atoms with van der Waals surface area (Å²) < 4.78 is 45.2. The number of rotatable bonds is 6. The number of carbonyl (C=O) groups is 2. The smallest absolute Gasteiger partial charge is 0.445 e. The minimum absolute atomic E-state index is 0.0171. The molecule has 0 bridgehead atoms. The molecule has 2 aromatic rings. The normalized spacial score (nSPS) is 15.9. The zero-order valence-corrected chi connectivity index (χ0v) is 19.6. The first-order chi connectivity index (χ1) is 16.2. The Kier molecular flexibility index (Phi) is 8.34. The number of carbonyl (C=O) groups excluding carboxylic acids is 2. The lowest BCUT2D eigenvalue weighted by atomic mass is 10.2. The van der Waals surface area contributed by atoms with Crippen molar-refractivity contribution < 1.29 is 27.5 Å². The van der Waals surface area contributed by atoms with E-state index in [4.69, 9.17) is 10.00 Å². The zero-order valence-electron chi connectivity index (χ0n) is 18.0. The lowest BCUT2D eigenvalue weighted by molar-refractivity contribution is -0.170. The summed E-state index contributed by atoms with van der Waals surface area (Å²) in [5, 5.41) is 8.98. The van der Waals surface area contributed by atoms with Gasteiger partial charge < -0.3 is 9.64 Å². The van der Waals surface area contributed by atoms with E-state index >= 15 is 0 Å². The standard InChI is InChI=1S/C24H21BrF3N3O3/c25-20-14-18(15-29)10-11-21(20)31(22(32)24(26,27)28)13-5-9-19-8-4-12-30(19)23(33)34-16-17-6-2-1-3-7-17/h1-3,5-7,9-11,14,19H,4,8,12-13,16H2. The quantitative estimate of drug-likeness (QED) is 0.453. The van der Waals surface area contributed by atoms with Gasteiger partial charge in [-0.2, -0.15) is 18.4 Å². The van der Waals surface area contributed by atoms with Gasteiger partial charge in [0, 0.05) is 17.6 Å². The van der Waals surface area contributed by atoms with Crippen molar-refractivity contribution in [2.24, 2.45) is 0 Å². The Hall–Kier alpha value is -3.32. The van der Waals surface area contributed by atoms with E-state index < -0.39 is 18.2 Å². The minimum atomic E-state index is -5.08. The second-order valence-electron chi connectivity index (χ2n) is 7.56. The molecule has 1 fully saturated rings. The van der Waals surface area contributed by atoms with E-state index in [1.54, 1.807) is 6.08 Å². The number of benzene rings is 2. The van der Waals surface area contributed by atoms with E-state index in [-0.39, 0.29) is 34.9 Å². The molecule has 34 heavy (non-hydrogen) atoms. The highest BCUT2D eigenvalue weighted by Gasteiger charge is 2.43. The maximum absolute atomic E-state index is 13.2. The molecule has 2 amide bonds. The summed E-state index contributed by atoms with van der Waals surface area (Å²) in [5.74, 6) is -2.03. The SMILES string of the molecule is N#Cc1ccc(N(CC=CC2CCCN2C(=O)OCc2ccccc2)C(=O)C(F)(F)F)c(Br)c1. The van der Waals surface area contributed by atoms with Crippen molar-refractivity contribution in [2.75, 3.05) is 18.0 Å². The first-order valence-corrected chi connectivity index (χ1v) is 11.2. The highest BCUT2D eigenvalue weighted by molar-refractivity contribution is 9.10. The van der Waals surface area contributed by atoms with Crippen LogP contribution in [0.4, 0.5) is 23.7 Å². The van der Waals surface area contributed by atoms with Gasteiger partial charge in [0.2, 0.25) is 0 Å². The summed E-state index contributed by atoms with van der Waals surface area (Å²) in [4.78, 5) is 26.7. The monoisotopic (exact) mass is 535 g/mol. The number of amides is 2. The van der Waals surface area contributed by atoms with Gasteiger partial charge in [-0.3, -0.25) is 9.69 Å². The Morgan fingerprint density at radius 1 is 1.24 bits per heavy atom. The third-order valence-electron chi connectivity index (χ3n) is 5.24. The third-order valence-corrected chi connectivity index (χ3v) is 5.88. The average Bonchev–Trinajstić information content (AvgIpc) is 3.29. The molecular formula is C24H21BrF3N3O3. The summed E-state index contributed by atoms with van der Waals surface area (Å²) >= 11 is 3.14. The van der Waals surface area contributed by atoms with Gasteiger partial charge in [0.25, 0.3) is 0 Å². The Bertz CT molecular complexity index is 1100. The summed E-state index contributed by atoms with van der Waals surface area (Å²) in [7, 11) is 0. The van der Waals surface area contributed by atoms with Crippen LogP contribution in [0.2, 0.25) is 0 Å². The Morgan fingerprint density at radius 3 is 2.62 bits per heavy atom. The van der Waals surface area contributed by atoms with E-state index in [0.717, 1.165) is 12.0 Å². The predicted molar refractivity (Wildman–Crippen MR) is 123 cm³/mol. The van der Waals surface area contributed by atoms with Gasteiger partial charge in [0.1, 0.15) is 6.61 Å². The number of nitriles is 1. The Morgan fingerprint density at radius 2 is 1.97 bits per heavy atom. The topological polar surface area (TPSA) is 73.6 Å². The van der Waals surface area contributed by atoms with Crippen LogP contribution in [0.1, 0.15) is 24.0 Å². The molecule has 1 unspecified atom stereocenters. The first-order valence-electron chi connectivity index (χ1n) is 10.4. The maximum Gasteiger partial charge on any atom is 0.471 e. The summed E-state index contributed by atoms with van der Waals surface area (Å²) in [6.45, 7) is 0.217. The second kappa shape index (κ2) is 11.2. The van der Waals surface area contributed by atoms with E-state index in [9.17, 15) is 22.8 Å². The predicted octanol–water partition coefficient (Wildman–Crippen LogP) is 5.57. The molecule has 0 aliphatic carbocycles. The fourth-order valence-electron chi connectivity index (χ4n) is 3.58. The second-order valence-corrected chi connectivity index (χ2v) is 8.42. The van der Waals surface area contributed by atoms with Crippen LogP contribution >= 0.6 is 15.9 Å². The van der Waals surface area contributed by atoms with Crippen LogP contribution in [-0.2, 0) is 16.1 Å². The summed E-state index contributed by atoms with van der Waals surface area (Å²) in [5.41, 5.74) is 1.06. The number of alkyl halides is 3. The largest absolute Gasteiger partial charge is 0.471 e. The van der Waals surface area contributed by atoms with E-state index in [2.05, 4.69) is 15.9 Å². The van der Waals surface area contributed by atoms with E-state index in [1.807, 2.05) is 36.4 Å². The number of likely N-dealkylation sites (tertiary alicyclic amines) is 1. The van der Waals surface area contributed by atoms with Crippen molar-refractivity contribution in [1.29, 1.82) is 5.26 Å². The third kappa shape index (κ3) is 6.38. The van der Waals surface area contributed by atoms with Crippen LogP contribution in [-0.4, -0.2) is 42.2 Å². The van der Waals surface area contributed by atoms with Gasteiger partial charge in [0.05, 0.1) is 23.4 Å². The minimum Gasteiger partial charge on any atom is -0.445 e. The lowest BCUT2D eigenvalue weighted by Crippen LogP contribution is -2.41. The van der Waals surface area contributed by atoms with Crippen molar-refractivity contribution in [1.82, 2.24) is 4.90 Å². The van der Waals surface area contributed by atoms with Crippen LogP contribution in [0.3, 0.4) is 0 Å². The molecule has 178 valence electrons. The van der Waals surface area contributed by atoms with Crippen LogP contribution in [0, 0.1) is 11.3 Å². The van der Waals surface area contributed by atoms with Gasteiger partial charge in [-0.15, -0.1) is 0 Å². The molecule has 0 radical (unpaired) electrons. The molecule has 1 saturated heterocycles.